The van der Waals surface area contributed by atoms with Crippen molar-refractivity contribution in [2.75, 3.05) is 13.2 Å². The average Bonchev–Trinajstić information content (AvgIpc) is 2.35. The average molecular weight is 254 g/mol. The third-order valence-electron chi connectivity index (χ3n) is 2.84. The molecule has 0 aliphatic rings. The number of nitrogens with one attached hydrogen (secondary N) is 1. The lowest BCUT2D eigenvalue weighted by Crippen LogP contribution is -2.46. The van der Waals surface area contributed by atoms with Crippen LogP contribution in [0, 0.1) is 5.82 Å². The number of amides is 1. The minimum absolute atomic E-state index is 0.307. The van der Waals surface area contributed by atoms with Gasteiger partial charge in [-0.2, -0.15) is 0 Å². The predicted octanol–water partition coefficient (Wildman–Crippen LogP) is 0.539. The van der Waals surface area contributed by atoms with Gasteiger partial charge in [0.05, 0.1) is 6.61 Å². The van der Waals surface area contributed by atoms with E-state index in [1.807, 2.05) is 13.8 Å². The first-order valence-electron chi connectivity index (χ1n) is 5.77. The SMILES string of the molecule is CC(C)(CNC(=O)C(N)CO)c1cccc(F)c1. The summed E-state index contributed by atoms with van der Waals surface area (Å²) in [4.78, 5) is 11.4. The van der Waals surface area contributed by atoms with Crippen molar-refractivity contribution in [1.29, 1.82) is 0 Å². The first-order valence-corrected chi connectivity index (χ1v) is 5.77. The fraction of sp³-hybridized carbons (Fsp3) is 0.462. The lowest BCUT2D eigenvalue weighted by atomic mass is 9.84. The molecule has 0 bridgehead atoms. The first kappa shape index (κ1) is 14.6. The maximum absolute atomic E-state index is 13.1. The van der Waals surface area contributed by atoms with Crippen LogP contribution in [0.15, 0.2) is 24.3 Å². The Bertz CT molecular complexity index is 421. The molecule has 18 heavy (non-hydrogen) atoms. The van der Waals surface area contributed by atoms with Gasteiger partial charge in [0.2, 0.25) is 5.91 Å². The number of carbonyl (C=O) groups is 1. The van der Waals surface area contributed by atoms with E-state index in [1.165, 1.54) is 12.1 Å². The molecule has 4 N–H and O–H groups in total. The molecule has 0 spiro atoms. The van der Waals surface area contributed by atoms with E-state index in [2.05, 4.69) is 5.32 Å². The minimum Gasteiger partial charge on any atom is -0.394 e. The van der Waals surface area contributed by atoms with Gasteiger partial charge >= 0.3 is 0 Å². The number of carbonyl (C=O) groups excluding carboxylic acids is 1. The second kappa shape index (κ2) is 5.93. The number of nitrogens with two attached hydrogens (primary N) is 1. The van der Waals surface area contributed by atoms with Crippen molar-refractivity contribution in [2.45, 2.75) is 25.3 Å². The first-order chi connectivity index (χ1) is 8.36. The summed E-state index contributed by atoms with van der Waals surface area (Å²) in [6, 6.07) is 5.33. The number of halogens is 1. The van der Waals surface area contributed by atoms with E-state index < -0.39 is 24.0 Å². The van der Waals surface area contributed by atoms with Gasteiger partial charge in [0, 0.05) is 12.0 Å². The van der Waals surface area contributed by atoms with Crippen LogP contribution in [0.5, 0.6) is 0 Å². The maximum Gasteiger partial charge on any atom is 0.239 e. The van der Waals surface area contributed by atoms with Crippen LogP contribution in [0.1, 0.15) is 19.4 Å². The van der Waals surface area contributed by atoms with Crippen molar-refractivity contribution in [3.05, 3.63) is 35.6 Å². The maximum atomic E-state index is 13.1. The van der Waals surface area contributed by atoms with Crippen molar-refractivity contribution in [2.24, 2.45) is 5.73 Å². The van der Waals surface area contributed by atoms with Gasteiger partial charge in [-0.3, -0.25) is 4.79 Å². The molecule has 0 aromatic heterocycles. The van der Waals surface area contributed by atoms with Crippen LogP contribution in [0.2, 0.25) is 0 Å². The molecular formula is C13H19FN2O2. The molecule has 1 atom stereocenters. The Labute approximate surface area is 106 Å². The zero-order valence-electron chi connectivity index (χ0n) is 10.6. The van der Waals surface area contributed by atoms with Crippen LogP contribution < -0.4 is 11.1 Å². The Hall–Kier alpha value is -1.46. The number of aliphatic hydroxyl groups is 1. The highest BCUT2D eigenvalue weighted by Crippen LogP contribution is 2.22. The van der Waals surface area contributed by atoms with Crippen molar-refractivity contribution < 1.29 is 14.3 Å². The van der Waals surface area contributed by atoms with Crippen molar-refractivity contribution in [1.82, 2.24) is 5.32 Å². The third kappa shape index (κ3) is 3.78. The summed E-state index contributed by atoms with van der Waals surface area (Å²) < 4.78 is 13.1. The summed E-state index contributed by atoms with van der Waals surface area (Å²) in [5.41, 5.74) is 5.77. The number of rotatable bonds is 5. The molecule has 0 fully saturated rings. The second-order valence-corrected chi connectivity index (χ2v) is 4.90. The number of aliphatic hydroxyl groups excluding tert-OH is 1. The van der Waals surface area contributed by atoms with E-state index >= 15 is 0 Å². The third-order valence-corrected chi connectivity index (χ3v) is 2.84. The molecule has 5 heteroatoms. The quantitative estimate of drug-likeness (QED) is 0.718. The van der Waals surface area contributed by atoms with Gasteiger partial charge in [0.1, 0.15) is 11.9 Å². The fourth-order valence-corrected chi connectivity index (χ4v) is 1.53. The molecule has 1 aromatic carbocycles. The number of hydrogen-bond donors (Lipinski definition) is 3. The summed E-state index contributed by atoms with van der Waals surface area (Å²) in [6.07, 6.45) is 0. The largest absolute Gasteiger partial charge is 0.394 e. The van der Waals surface area contributed by atoms with E-state index in [-0.39, 0.29) is 5.82 Å². The standard InChI is InChI=1S/C13H19FN2O2/c1-13(2,8-16-12(18)11(15)7-17)9-4-3-5-10(14)6-9/h3-6,11,17H,7-8,15H2,1-2H3,(H,16,18). The summed E-state index contributed by atoms with van der Waals surface area (Å²) in [5.74, 6) is -0.721. The Balaban J connectivity index is 2.68. The van der Waals surface area contributed by atoms with Gasteiger partial charge < -0.3 is 16.2 Å². The molecule has 0 aliphatic heterocycles. The molecule has 4 nitrogen and oxygen atoms in total. The molecule has 1 rings (SSSR count). The van der Waals surface area contributed by atoms with Crippen LogP contribution in [-0.2, 0) is 10.2 Å². The minimum atomic E-state index is -0.923. The number of benzene rings is 1. The van der Waals surface area contributed by atoms with Crippen LogP contribution in [0.3, 0.4) is 0 Å². The summed E-state index contributed by atoms with van der Waals surface area (Å²) in [6.45, 7) is 3.72. The van der Waals surface area contributed by atoms with Crippen LogP contribution in [0.4, 0.5) is 4.39 Å². The van der Waals surface area contributed by atoms with Gasteiger partial charge in [-0.25, -0.2) is 4.39 Å². The molecule has 0 radical (unpaired) electrons. The molecule has 0 aliphatic carbocycles. The summed E-state index contributed by atoms with van der Waals surface area (Å²) in [5, 5.41) is 11.4. The Morgan fingerprint density at radius 1 is 1.56 bits per heavy atom. The van der Waals surface area contributed by atoms with Gasteiger partial charge in [-0.05, 0) is 17.7 Å². The van der Waals surface area contributed by atoms with E-state index in [9.17, 15) is 9.18 Å². The molecule has 0 saturated heterocycles. The van der Waals surface area contributed by atoms with Gasteiger partial charge in [-0.1, -0.05) is 26.0 Å². The molecule has 100 valence electrons. The zero-order valence-corrected chi connectivity index (χ0v) is 10.6. The summed E-state index contributed by atoms with van der Waals surface area (Å²) >= 11 is 0. The van der Waals surface area contributed by atoms with Crippen molar-refractivity contribution in [3.8, 4) is 0 Å². The van der Waals surface area contributed by atoms with Crippen LogP contribution >= 0.6 is 0 Å². The smallest absolute Gasteiger partial charge is 0.239 e. The predicted molar refractivity (Wildman–Crippen MR) is 67.5 cm³/mol. The molecule has 1 aromatic rings. The van der Waals surface area contributed by atoms with Crippen molar-refractivity contribution in [3.63, 3.8) is 0 Å². The van der Waals surface area contributed by atoms with Crippen molar-refractivity contribution >= 4 is 5.91 Å². The highest BCUT2D eigenvalue weighted by atomic mass is 19.1. The highest BCUT2D eigenvalue weighted by Gasteiger charge is 2.23. The van der Waals surface area contributed by atoms with Crippen LogP contribution in [0.25, 0.3) is 0 Å². The monoisotopic (exact) mass is 254 g/mol. The Kier molecular flexibility index (Phi) is 4.81. The number of hydrogen-bond acceptors (Lipinski definition) is 3. The van der Waals surface area contributed by atoms with E-state index in [0.717, 1.165) is 5.56 Å². The molecule has 1 unspecified atom stereocenters. The van der Waals surface area contributed by atoms with Gasteiger partial charge in [0.15, 0.2) is 0 Å². The van der Waals surface area contributed by atoms with E-state index in [1.54, 1.807) is 12.1 Å². The topological polar surface area (TPSA) is 75.4 Å². The molecular weight excluding hydrogens is 235 g/mol. The summed E-state index contributed by atoms with van der Waals surface area (Å²) in [7, 11) is 0. The van der Waals surface area contributed by atoms with E-state index in [4.69, 9.17) is 10.8 Å². The lowest BCUT2D eigenvalue weighted by molar-refractivity contribution is -0.123. The lowest BCUT2D eigenvalue weighted by Gasteiger charge is -2.26. The molecule has 0 heterocycles. The highest BCUT2D eigenvalue weighted by molar-refractivity contribution is 5.81. The fourth-order valence-electron chi connectivity index (χ4n) is 1.53. The molecule has 1 amide bonds. The van der Waals surface area contributed by atoms with Gasteiger partial charge in [0.25, 0.3) is 0 Å². The molecule has 0 saturated carbocycles. The Morgan fingerprint density at radius 3 is 2.78 bits per heavy atom. The second-order valence-electron chi connectivity index (χ2n) is 4.90. The van der Waals surface area contributed by atoms with Gasteiger partial charge in [-0.15, -0.1) is 0 Å². The Morgan fingerprint density at radius 2 is 2.22 bits per heavy atom. The normalized spacial score (nSPS) is 13.2. The zero-order chi connectivity index (χ0) is 13.8. The van der Waals surface area contributed by atoms with Crippen LogP contribution in [-0.4, -0.2) is 30.2 Å². The van der Waals surface area contributed by atoms with E-state index in [0.29, 0.717) is 6.54 Å².